The fourth-order valence-corrected chi connectivity index (χ4v) is 5.92. The molecule has 1 N–H and O–H groups in total. The second kappa shape index (κ2) is 21.3. The van der Waals surface area contributed by atoms with Crippen molar-refractivity contribution in [1.29, 1.82) is 0 Å². The van der Waals surface area contributed by atoms with Crippen LogP contribution in [-0.2, 0) is 11.3 Å². The third kappa shape index (κ3) is 14.3. The molecule has 0 unspecified atom stereocenters. The summed E-state index contributed by atoms with van der Waals surface area (Å²) in [4.78, 5) is 27.1. The predicted octanol–water partition coefficient (Wildman–Crippen LogP) is 9.93. The number of nitrogens with one attached hydrogen (secondary N) is 1. The number of allylic oxidation sites excluding steroid dienone is 1. The maximum absolute atomic E-state index is 12.5. The van der Waals surface area contributed by atoms with Crippen molar-refractivity contribution < 1.29 is 19.1 Å². The van der Waals surface area contributed by atoms with Gasteiger partial charge in [-0.1, -0.05) is 89.7 Å². The van der Waals surface area contributed by atoms with Crippen molar-refractivity contribution in [3.63, 3.8) is 0 Å². The molecular formula is C35H51BrN2O4S. The van der Waals surface area contributed by atoms with E-state index in [4.69, 9.17) is 9.47 Å². The number of hydrogen-bond acceptors (Lipinski definition) is 6. The number of hydrogen-bond donors (Lipinski definition) is 1. The zero-order valence-corrected chi connectivity index (χ0v) is 28.9. The van der Waals surface area contributed by atoms with Crippen molar-refractivity contribution in [1.82, 2.24) is 4.90 Å². The van der Waals surface area contributed by atoms with E-state index in [1.807, 2.05) is 24.3 Å². The highest BCUT2D eigenvalue weighted by atomic mass is 79.9. The molecule has 0 fully saturated rings. The van der Waals surface area contributed by atoms with Gasteiger partial charge in [-0.25, -0.2) is 0 Å². The van der Waals surface area contributed by atoms with E-state index in [0.29, 0.717) is 23.7 Å². The summed E-state index contributed by atoms with van der Waals surface area (Å²) >= 11 is 1.80. The number of halogens is 1. The zero-order chi connectivity index (χ0) is 30.0. The molecule has 0 aromatic heterocycles. The quantitative estimate of drug-likeness (QED) is 0.105. The van der Waals surface area contributed by atoms with Crippen molar-refractivity contribution in [2.45, 2.75) is 104 Å². The van der Waals surface area contributed by atoms with Crippen molar-refractivity contribution in [2.24, 2.45) is 0 Å². The van der Waals surface area contributed by atoms with E-state index < -0.39 is 0 Å². The molecule has 1 aliphatic heterocycles. The van der Waals surface area contributed by atoms with E-state index in [0.717, 1.165) is 31.0 Å². The van der Waals surface area contributed by atoms with Crippen LogP contribution in [0.15, 0.2) is 53.6 Å². The minimum atomic E-state index is -0.255. The standard InChI is InChI=1S/C35H50N2O4S.BrH/c1-4-5-6-7-8-9-10-11-12-13-14-15-22-40-34-21-20-32(23-33(34)29(3)38)41-25-35(39)36-31-18-16-30(17-19-31)24-37-27-42-26-28(37)2;/h16-21,23,26H,4-15,22,24-25,27H2,1-3H3,(H,36,39);1H. The summed E-state index contributed by atoms with van der Waals surface area (Å²) in [5.74, 6) is 1.66. The van der Waals surface area contributed by atoms with E-state index in [2.05, 4.69) is 29.5 Å². The second-order valence-corrected chi connectivity index (χ2v) is 12.1. The molecule has 0 saturated carbocycles. The van der Waals surface area contributed by atoms with Crippen LogP contribution in [0, 0.1) is 0 Å². The summed E-state index contributed by atoms with van der Waals surface area (Å²) in [7, 11) is 0. The van der Waals surface area contributed by atoms with Crippen LogP contribution in [0.4, 0.5) is 5.69 Å². The van der Waals surface area contributed by atoms with Gasteiger partial charge in [0.05, 0.1) is 18.0 Å². The topological polar surface area (TPSA) is 67.9 Å². The molecule has 0 aliphatic carbocycles. The molecule has 1 aliphatic rings. The van der Waals surface area contributed by atoms with Gasteiger partial charge in [-0.3, -0.25) is 9.59 Å². The van der Waals surface area contributed by atoms with Crippen LogP contribution < -0.4 is 14.8 Å². The number of thioether (sulfide) groups is 1. The maximum Gasteiger partial charge on any atom is 0.262 e. The SMILES string of the molecule is Br.CCCCCCCCCCCCCCOc1ccc(OCC(=O)Nc2ccc(CN3CSC=C3C)cc2)cc1C(C)=O. The van der Waals surface area contributed by atoms with Gasteiger partial charge in [0.1, 0.15) is 11.5 Å². The highest BCUT2D eigenvalue weighted by Crippen LogP contribution is 2.26. The Morgan fingerprint density at radius 1 is 0.860 bits per heavy atom. The van der Waals surface area contributed by atoms with E-state index in [1.165, 1.54) is 82.4 Å². The number of carbonyl (C=O) groups excluding carboxylic acids is 2. The average Bonchev–Trinajstić information content (AvgIpc) is 3.39. The Bertz CT molecular complexity index is 1140. The van der Waals surface area contributed by atoms with Crippen LogP contribution in [-0.4, -0.2) is 35.7 Å². The van der Waals surface area contributed by atoms with E-state index in [1.54, 1.807) is 30.0 Å². The first-order valence-electron chi connectivity index (χ1n) is 15.8. The number of Topliss-reactive ketones (excluding diaryl/α,β-unsaturated/α-hetero) is 1. The van der Waals surface area contributed by atoms with Gasteiger partial charge in [-0.2, -0.15) is 0 Å². The molecule has 2 aromatic rings. The molecule has 0 spiro atoms. The maximum atomic E-state index is 12.5. The normalized spacial score (nSPS) is 12.4. The van der Waals surface area contributed by atoms with Gasteiger partial charge in [-0.15, -0.1) is 28.7 Å². The number of ether oxygens (including phenoxy) is 2. The largest absolute Gasteiger partial charge is 0.493 e. The number of ketones is 1. The Balaban J connectivity index is 0.00000645. The van der Waals surface area contributed by atoms with Gasteiger partial charge < -0.3 is 19.7 Å². The first-order chi connectivity index (χ1) is 20.5. The molecular weight excluding hydrogens is 624 g/mol. The number of rotatable bonds is 21. The minimum Gasteiger partial charge on any atom is -0.493 e. The first-order valence-corrected chi connectivity index (χ1v) is 16.8. The molecule has 1 heterocycles. The first kappa shape index (κ1) is 36.7. The lowest BCUT2D eigenvalue weighted by atomic mass is 10.1. The van der Waals surface area contributed by atoms with Gasteiger partial charge in [0.2, 0.25) is 0 Å². The molecule has 1 amide bonds. The lowest BCUT2D eigenvalue weighted by Gasteiger charge is -2.19. The summed E-state index contributed by atoms with van der Waals surface area (Å²) in [6.45, 7) is 7.20. The molecule has 238 valence electrons. The minimum absolute atomic E-state index is 0. The molecule has 3 rings (SSSR count). The van der Waals surface area contributed by atoms with E-state index >= 15 is 0 Å². The van der Waals surface area contributed by atoms with Crippen LogP contribution in [0.1, 0.15) is 114 Å². The Hall–Kier alpha value is -2.45. The van der Waals surface area contributed by atoms with Crippen molar-refractivity contribution in [3.05, 3.63) is 64.7 Å². The number of carbonyl (C=O) groups is 2. The lowest BCUT2D eigenvalue weighted by molar-refractivity contribution is -0.118. The molecule has 0 bridgehead atoms. The monoisotopic (exact) mass is 674 g/mol. The third-order valence-electron chi connectivity index (χ3n) is 7.55. The average molecular weight is 676 g/mol. The fourth-order valence-electron chi connectivity index (χ4n) is 4.98. The molecule has 6 nitrogen and oxygen atoms in total. The molecule has 2 aromatic carbocycles. The second-order valence-electron chi connectivity index (χ2n) is 11.2. The number of nitrogens with zero attached hydrogens (tertiary/aromatic N) is 1. The van der Waals surface area contributed by atoms with Gasteiger partial charge in [-0.05, 0) is 61.6 Å². The van der Waals surface area contributed by atoms with Crippen LogP contribution in [0.2, 0.25) is 0 Å². The molecule has 0 atom stereocenters. The molecule has 0 saturated heterocycles. The van der Waals surface area contributed by atoms with Crippen LogP contribution in [0.5, 0.6) is 11.5 Å². The smallest absolute Gasteiger partial charge is 0.262 e. The highest BCUT2D eigenvalue weighted by Gasteiger charge is 2.13. The number of benzene rings is 2. The molecule has 43 heavy (non-hydrogen) atoms. The fraction of sp³-hybridized carbons (Fsp3) is 0.543. The van der Waals surface area contributed by atoms with E-state index in [9.17, 15) is 9.59 Å². The summed E-state index contributed by atoms with van der Waals surface area (Å²) in [6.07, 6.45) is 15.5. The Labute approximate surface area is 274 Å². The van der Waals surface area contributed by atoms with Crippen molar-refractivity contribution in [3.8, 4) is 11.5 Å². The zero-order valence-electron chi connectivity index (χ0n) is 26.3. The predicted molar refractivity (Wildman–Crippen MR) is 186 cm³/mol. The third-order valence-corrected chi connectivity index (χ3v) is 8.52. The number of unbranched alkanes of at least 4 members (excludes halogenated alkanes) is 11. The summed E-state index contributed by atoms with van der Waals surface area (Å²) in [6, 6.07) is 13.1. The van der Waals surface area contributed by atoms with Crippen molar-refractivity contribution in [2.75, 3.05) is 24.4 Å². The van der Waals surface area contributed by atoms with Gasteiger partial charge in [0.15, 0.2) is 12.4 Å². The summed E-state index contributed by atoms with van der Waals surface area (Å²) in [5, 5.41) is 5.05. The van der Waals surface area contributed by atoms with Gasteiger partial charge in [0.25, 0.3) is 5.91 Å². The van der Waals surface area contributed by atoms with E-state index in [-0.39, 0.29) is 35.3 Å². The van der Waals surface area contributed by atoms with Gasteiger partial charge >= 0.3 is 0 Å². The van der Waals surface area contributed by atoms with Crippen LogP contribution in [0.3, 0.4) is 0 Å². The number of anilines is 1. The Kier molecular flexibility index (Phi) is 18.2. The molecule has 0 radical (unpaired) electrons. The van der Waals surface area contributed by atoms with Gasteiger partial charge in [0, 0.05) is 17.9 Å². The summed E-state index contributed by atoms with van der Waals surface area (Å²) < 4.78 is 11.6. The van der Waals surface area contributed by atoms with Crippen molar-refractivity contribution >= 4 is 46.1 Å². The Morgan fingerprint density at radius 3 is 2.07 bits per heavy atom. The Morgan fingerprint density at radius 2 is 1.49 bits per heavy atom. The lowest BCUT2D eigenvalue weighted by Crippen LogP contribution is -2.20. The number of amides is 1. The van der Waals surface area contributed by atoms with Crippen LogP contribution >= 0.6 is 28.7 Å². The summed E-state index contributed by atoms with van der Waals surface area (Å²) in [5.41, 5.74) is 3.67. The highest BCUT2D eigenvalue weighted by molar-refractivity contribution is 8.93. The van der Waals surface area contributed by atoms with Crippen LogP contribution in [0.25, 0.3) is 0 Å². The molecule has 8 heteroatoms.